The second kappa shape index (κ2) is 6.77. The largest absolute Gasteiger partial charge is 0.436 e. The van der Waals surface area contributed by atoms with Crippen molar-refractivity contribution in [1.29, 1.82) is 0 Å². The summed E-state index contributed by atoms with van der Waals surface area (Å²) in [6.45, 7) is 6.65. The number of rotatable bonds is 2. The third-order valence-corrected chi connectivity index (χ3v) is 5.86. The number of hydrogen-bond donors (Lipinski definition) is 0. The van der Waals surface area contributed by atoms with Gasteiger partial charge < -0.3 is 9.32 Å². The number of piperazine rings is 1. The van der Waals surface area contributed by atoms with Crippen molar-refractivity contribution in [2.24, 2.45) is 0 Å². The van der Waals surface area contributed by atoms with Gasteiger partial charge in [0.2, 0.25) is 5.89 Å². The Labute approximate surface area is 167 Å². The van der Waals surface area contributed by atoms with Crippen molar-refractivity contribution in [3.05, 3.63) is 52.5 Å². The third-order valence-electron chi connectivity index (χ3n) is 5.33. The summed E-state index contributed by atoms with van der Waals surface area (Å²) in [5.74, 6) is 0.606. The number of aromatic nitrogens is 1. The van der Waals surface area contributed by atoms with Gasteiger partial charge in [-0.2, -0.15) is 0 Å². The maximum absolute atomic E-state index is 13.0. The Bertz CT molecular complexity index is 994. The molecule has 5 nitrogen and oxygen atoms in total. The van der Waals surface area contributed by atoms with E-state index >= 15 is 0 Å². The van der Waals surface area contributed by atoms with Crippen molar-refractivity contribution in [2.75, 3.05) is 26.7 Å². The molecule has 6 heteroatoms. The summed E-state index contributed by atoms with van der Waals surface area (Å²) in [4.78, 5) is 21.8. The zero-order valence-corrected chi connectivity index (χ0v) is 17.3. The van der Waals surface area contributed by atoms with Gasteiger partial charge >= 0.3 is 0 Å². The summed E-state index contributed by atoms with van der Waals surface area (Å²) in [5, 5.41) is 0. The Kier molecular flexibility index (Phi) is 4.56. The van der Waals surface area contributed by atoms with Gasteiger partial charge in [0.15, 0.2) is 5.58 Å². The van der Waals surface area contributed by atoms with Gasteiger partial charge in [-0.05, 0) is 63.4 Å². The van der Waals surface area contributed by atoms with Crippen LogP contribution < -0.4 is 0 Å². The number of oxazole rings is 1. The first-order chi connectivity index (χ1) is 12.8. The van der Waals surface area contributed by atoms with Crippen LogP contribution in [-0.2, 0) is 0 Å². The topological polar surface area (TPSA) is 49.6 Å². The molecule has 0 aliphatic carbocycles. The fraction of sp³-hybridized carbons (Fsp3) is 0.333. The van der Waals surface area contributed by atoms with E-state index in [2.05, 4.69) is 46.7 Å². The highest BCUT2D eigenvalue weighted by Gasteiger charge is 2.33. The van der Waals surface area contributed by atoms with Crippen molar-refractivity contribution in [1.82, 2.24) is 14.8 Å². The van der Waals surface area contributed by atoms with Crippen molar-refractivity contribution < 1.29 is 9.21 Å². The van der Waals surface area contributed by atoms with E-state index in [1.165, 1.54) is 0 Å². The molecule has 4 rings (SSSR count). The fourth-order valence-electron chi connectivity index (χ4n) is 3.37. The molecule has 0 atom stereocenters. The summed E-state index contributed by atoms with van der Waals surface area (Å²) in [5.41, 5.74) is 2.91. The Hall–Kier alpha value is -2.18. The summed E-state index contributed by atoms with van der Waals surface area (Å²) >= 11 is 3.43. The van der Waals surface area contributed by atoms with E-state index in [-0.39, 0.29) is 11.4 Å². The van der Waals surface area contributed by atoms with Crippen molar-refractivity contribution in [2.45, 2.75) is 19.4 Å². The molecule has 0 radical (unpaired) electrons. The van der Waals surface area contributed by atoms with E-state index in [4.69, 9.17) is 4.42 Å². The summed E-state index contributed by atoms with van der Waals surface area (Å²) in [6, 6.07) is 13.3. The smallest absolute Gasteiger partial charge is 0.254 e. The molecule has 3 aromatic rings. The first-order valence-electron chi connectivity index (χ1n) is 9.00. The number of hydrogen-bond acceptors (Lipinski definition) is 4. The molecule has 140 valence electrons. The first kappa shape index (κ1) is 18.2. The molecule has 1 saturated heterocycles. The molecule has 0 saturated carbocycles. The van der Waals surface area contributed by atoms with Crippen LogP contribution in [0.2, 0.25) is 0 Å². The minimum atomic E-state index is -0.0271. The number of halogens is 1. The third kappa shape index (κ3) is 3.51. The number of carbonyl (C=O) groups is 1. The lowest BCUT2D eigenvalue weighted by molar-refractivity contribution is 0.0311. The molecule has 2 heterocycles. The second-order valence-corrected chi connectivity index (χ2v) is 8.58. The second-order valence-electron chi connectivity index (χ2n) is 7.67. The SMILES string of the molecule is CN1CCN(C(=O)c2ccc3oc(-c4ccc(Br)cc4)nc3c2)CC1(C)C. The monoisotopic (exact) mass is 427 g/mol. The Morgan fingerprint density at radius 1 is 1.15 bits per heavy atom. The van der Waals surface area contributed by atoms with Gasteiger partial charge in [-0.25, -0.2) is 4.98 Å². The van der Waals surface area contributed by atoms with Crippen LogP contribution in [0.5, 0.6) is 0 Å². The van der Waals surface area contributed by atoms with Crippen LogP contribution in [0, 0.1) is 0 Å². The van der Waals surface area contributed by atoms with Gasteiger partial charge in [-0.15, -0.1) is 0 Å². The molecular formula is C21H22BrN3O2. The standard InChI is InChI=1S/C21H22BrN3O2/c1-21(2)13-25(11-10-24(21)3)20(26)15-6-9-18-17(12-15)23-19(27-18)14-4-7-16(22)8-5-14/h4-9,12H,10-11,13H2,1-3H3. The van der Waals surface area contributed by atoms with Crippen LogP contribution in [0.3, 0.4) is 0 Å². The summed E-state index contributed by atoms with van der Waals surface area (Å²) < 4.78 is 6.87. The number of benzene rings is 2. The quantitative estimate of drug-likeness (QED) is 0.606. The maximum Gasteiger partial charge on any atom is 0.254 e. The maximum atomic E-state index is 13.0. The van der Waals surface area contributed by atoms with E-state index in [0.29, 0.717) is 29.1 Å². The molecule has 1 aromatic heterocycles. The van der Waals surface area contributed by atoms with Crippen LogP contribution >= 0.6 is 15.9 Å². The average Bonchev–Trinajstić information content (AvgIpc) is 3.07. The minimum absolute atomic E-state index is 0.0271. The first-order valence-corrected chi connectivity index (χ1v) is 9.80. The van der Waals surface area contributed by atoms with Gasteiger partial charge in [0.25, 0.3) is 5.91 Å². The van der Waals surface area contributed by atoms with Crippen LogP contribution in [-0.4, -0.2) is 52.9 Å². The van der Waals surface area contributed by atoms with E-state index in [1.807, 2.05) is 47.4 Å². The lowest BCUT2D eigenvalue weighted by Gasteiger charge is -2.45. The molecule has 27 heavy (non-hydrogen) atoms. The number of nitrogens with zero attached hydrogens (tertiary/aromatic N) is 3. The summed E-state index contributed by atoms with van der Waals surface area (Å²) in [7, 11) is 2.10. The van der Waals surface area contributed by atoms with E-state index in [0.717, 1.165) is 23.1 Å². The number of fused-ring (bicyclic) bond motifs is 1. The van der Waals surface area contributed by atoms with E-state index in [9.17, 15) is 4.79 Å². The highest BCUT2D eigenvalue weighted by Crippen LogP contribution is 2.27. The average molecular weight is 428 g/mol. The van der Waals surface area contributed by atoms with Crippen LogP contribution in [0.4, 0.5) is 0 Å². The minimum Gasteiger partial charge on any atom is -0.436 e. The zero-order valence-electron chi connectivity index (χ0n) is 15.7. The predicted octanol–water partition coefficient (Wildman–Crippen LogP) is 4.42. The van der Waals surface area contributed by atoms with Crippen molar-refractivity contribution in [3.63, 3.8) is 0 Å². The van der Waals surface area contributed by atoms with Crippen molar-refractivity contribution in [3.8, 4) is 11.5 Å². The Morgan fingerprint density at radius 3 is 2.59 bits per heavy atom. The van der Waals surface area contributed by atoms with Gasteiger partial charge in [-0.3, -0.25) is 9.69 Å². The summed E-state index contributed by atoms with van der Waals surface area (Å²) in [6.07, 6.45) is 0. The van der Waals surface area contributed by atoms with Crippen LogP contribution in [0.15, 0.2) is 51.4 Å². The molecule has 0 bridgehead atoms. The molecule has 2 aromatic carbocycles. The molecular weight excluding hydrogens is 406 g/mol. The van der Waals surface area contributed by atoms with Crippen LogP contribution in [0.1, 0.15) is 24.2 Å². The molecule has 0 unspecified atom stereocenters. The van der Waals surface area contributed by atoms with Crippen LogP contribution in [0.25, 0.3) is 22.6 Å². The Morgan fingerprint density at radius 2 is 1.89 bits per heavy atom. The number of amides is 1. The Balaban J connectivity index is 1.61. The zero-order chi connectivity index (χ0) is 19.2. The van der Waals surface area contributed by atoms with Gasteiger partial charge in [0.05, 0.1) is 0 Å². The fourth-order valence-corrected chi connectivity index (χ4v) is 3.64. The molecule has 1 fully saturated rings. The van der Waals surface area contributed by atoms with E-state index in [1.54, 1.807) is 0 Å². The molecule has 0 spiro atoms. The number of likely N-dealkylation sites (N-methyl/N-ethyl adjacent to an activating group) is 1. The lowest BCUT2D eigenvalue weighted by Crippen LogP contribution is -2.58. The van der Waals surface area contributed by atoms with Gasteiger partial charge in [0, 0.05) is 40.8 Å². The molecule has 1 amide bonds. The lowest BCUT2D eigenvalue weighted by atomic mass is 9.99. The normalized spacial score (nSPS) is 17.4. The number of carbonyl (C=O) groups excluding carboxylic acids is 1. The molecule has 0 N–H and O–H groups in total. The predicted molar refractivity (Wildman–Crippen MR) is 110 cm³/mol. The molecule has 1 aliphatic rings. The molecule has 1 aliphatic heterocycles. The highest BCUT2D eigenvalue weighted by molar-refractivity contribution is 9.10. The van der Waals surface area contributed by atoms with Gasteiger partial charge in [0.1, 0.15) is 5.52 Å². The van der Waals surface area contributed by atoms with E-state index < -0.39 is 0 Å². The van der Waals surface area contributed by atoms with Crippen molar-refractivity contribution >= 4 is 32.9 Å². The highest BCUT2D eigenvalue weighted by atomic mass is 79.9. The van der Waals surface area contributed by atoms with Gasteiger partial charge in [-0.1, -0.05) is 15.9 Å².